The summed E-state index contributed by atoms with van der Waals surface area (Å²) in [5, 5.41) is 0. The number of carbonyl (C=O) groups excluding carboxylic acids is 1. The van der Waals surface area contributed by atoms with E-state index in [2.05, 4.69) is 44.8 Å². The van der Waals surface area contributed by atoms with Crippen LogP contribution in [0.25, 0.3) is 28.6 Å². The molecule has 0 unspecified atom stereocenters. The third-order valence-electron chi connectivity index (χ3n) is 4.83. The number of hydrogen-bond acceptors (Lipinski definition) is 4. The molecular weight excluding hydrogens is 362 g/mol. The van der Waals surface area contributed by atoms with E-state index in [0.717, 1.165) is 40.6 Å². The molecule has 1 aromatic heterocycles. The number of aromatic nitrogens is 1. The van der Waals surface area contributed by atoms with Gasteiger partial charge in [0.2, 0.25) is 5.89 Å². The number of oxazole rings is 1. The third kappa shape index (κ3) is 5.14. The van der Waals surface area contributed by atoms with Crippen molar-refractivity contribution in [1.82, 2.24) is 4.98 Å². The second-order valence-electron chi connectivity index (χ2n) is 8.40. The second-order valence-corrected chi connectivity index (χ2v) is 8.40. The molecule has 0 spiro atoms. The molecule has 1 heterocycles. The Balaban J connectivity index is 2.00. The fourth-order valence-corrected chi connectivity index (χ4v) is 3.04. The number of hydrogen-bond donors (Lipinski definition) is 0. The van der Waals surface area contributed by atoms with Gasteiger partial charge >= 0.3 is 5.97 Å². The summed E-state index contributed by atoms with van der Waals surface area (Å²) in [7, 11) is 0. The van der Waals surface area contributed by atoms with Crippen molar-refractivity contribution >= 4 is 23.1 Å². The zero-order valence-electron chi connectivity index (χ0n) is 17.9. The van der Waals surface area contributed by atoms with Crippen LogP contribution in [0.3, 0.4) is 0 Å². The first-order valence-electron chi connectivity index (χ1n) is 10.1. The molecule has 4 nitrogen and oxygen atoms in total. The quantitative estimate of drug-likeness (QED) is 0.275. The van der Waals surface area contributed by atoms with Gasteiger partial charge in [-0.15, -0.1) is 0 Å². The Morgan fingerprint density at radius 2 is 1.97 bits per heavy atom. The van der Waals surface area contributed by atoms with Gasteiger partial charge in [0.05, 0.1) is 6.61 Å². The standard InChI is InChI=1S/C25H29NO3/c1-6-7-14-28-23(27)13-9-18-16-19(25(3,4)5)10-11-20(18)24-26-21-15-17(2)8-12-22(21)29-24/h8-13,15-16H,6-7,14H2,1-5H3/b13-9+. The Bertz CT molecular complexity index is 1040. The topological polar surface area (TPSA) is 52.3 Å². The first kappa shape index (κ1) is 20.8. The summed E-state index contributed by atoms with van der Waals surface area (Å²) in [5.41, 5.74) is 5.61. The molecule has 0 bridgehead atoms. The van der Waals surface area contributed by atoms with Crippen LogP contribution in [0.1, 0.15) is 57.2 Å². The van der Waals surface area contributed by atoms with E-state index in [-0.39, 0.29) is 11.4 Å². The lowest BCUT2D eigenvalue weighted by atomic mass is 9.85. The summed E-state index contributed by atoms with van der Waals surface area (Å²) in [6, 6.07) is 12.1. The Kier molecular flexibility index (Phi) is 6.21. The van der Waals surface area contributed by atoms with Crippen LogP contribution >= 0.6 is 0 Å². The molecule has 0 fully saturated rings. The maximum Gasteiger partial charge on any atom is 0.330 e. The number of fused-ring (bicyclic) bond motifs is 1. The van der Waals surface area contributed by atoms with Crippen molar-refractivity contribution in [3.63, 3.8) is 0 Å². The van der Waals surface area contributed by atoms with Crippen molar-refractivity contribution in [2.45, 2.75) is 52.9 Å². The predicted molar refractivity (Wildman–Crippen MR) is 118 cm³/mol. The Morgan fingerprint density at radius 3 is 2.69 bits per heavy atom. The first-order chi connectivity index (χ1) is 13.8. The van der Waals surface area contributed by atoms with Gasteiger partial charge in [0, 0.05) is 11.6 Å². The van der Waals surface area contributed by atoms with Crippen molar-refractivity contribution in [2.24, 2.45) is 0 Å². The van der Waals surface area contributed by atoms with Crippen LogP contribution in [0.5, 0.6) is 0 Å². The molecule has 0 saturated carbocycles. The molecule has 3 rings (SSSR count). The van der Waals surface area contributed by atoms with E-state index < -0.39 is 0 Å². The van der Waals surface area contributed by atoms with E-state index >= 15 is 0 Å². The van der Waals surface area contributed by atoms with E-state index in [1.807, 2.05) is 31.2 Å². The molecule has 0 aliphatic heterocycles. The fraction of sp³-hybridized carbons (Fsp3) is 0.360. The molecule has 0 radical (unpaired) electrons. The van der Waals surface area contributed by atoms with Crippen LogP contribution < -0.4 is 0 Å². The zero-order valence-corrected chi connectivity index (χ0v) is 17.9. The number of ether oxygens (including phenoxy) is 1. The summed E-state index contributed by atoms with van der Waals surface area (Å²) < 4.78 is 11.2. The lowest BCUT2D eigenvalue weighted by Crippen LogP contribution is -2.11. The smallest absolute Gasteiger partial charge is 0.330 e. The zero-order chi connectivity index (χ0) is 21.0. The van der Waals surface area contributed by atoms with Crippen molar-refractivity contribution in [1.29, 1.82) is 0 Å². The molecule has 0 amide bonds. The van der Waals surface area contributed by atoms with E-state index in [0.29, 0.717) is 12.5 Å². The molecule has 0 N–H and O–H groups in total. The highest BCUT2D eigenvalue weighted by Crippen LogP contribution is 2.32. The Labute approximate surface area is 172 Å². The summed E-state index contributed by atoms with van der Waals surface area (Å²) in [5.74, 6) is 0.212. The van der Waals surface area contributed by atoms with Gasteiger partial charge in [0.15, 0.2) is 5.58 Å². The van der Waals surface area contributed by atoms with Crippen molar-refractivity contribution in [3.05, 3.63) is 59.2 Å². The minimum absolute atomic E-state index is 0.0127. The van der Waals surface area contributed by atoms with Crippen LogP contribution in [-0.4, -0.2) is 17.6 Å². The number of aryl methyl sites for hydroxylation is 1. The summed E-state index contributed by atoms with van der Waals surface area (Å²) in [6.45, 7) is 11.0. The minimum Gasteiger partial charge on any atom is -0.463 e. The Hall–Kier alpha value is -2.88. The second kappa shape index (κ2) is 8.64. The van der Waals surface area contributed by atoms with Gasteiger partial charge in [-0.25, -0.2) is 9.78 Å². The van der Waals surface area contributed by atoms with Crippen LogP contribution in [0.15, 0.2) is 46.9 Å². The number of carbonyl (C=O) groups is 1. The molecule has 0 atom stereocenters. The Morgan fingerprint density at radius 1 is 1.17 bits per heavy atom. The average molecular weight is 392 g/mol. The fourth-order valence-electron chi connectivity index (χ4n) is 3.04. The van der Waals surface area contributed by atoms with Crippen molar-refractivity contribution in [2.75, 3.05) is 6.61 Å². The van der Waals surface area contributed by atoms with Crippen LogP contribution in [0, 0.1) is 6.92 Å². The normalized spacial score (nSPS) is 12.0. The number of esters is 1. The van der Waals surface area contributed by atoms with Gasteiger partial charge in [-0.05, 0) is 59.7 Å². The van der Waals surface area contributed by atoms with Crippen LogP contribution in [-0.2, 0) is 14.9 Å². The molecule has 152 valence electrons. The van der Waals surface area contributed by atoms with E-state index in [1.165, 1.54) is 11.6 Å². The van der Waals surface area contributed by atoms with Crippen molar-refractivity contribution in [3.8, 4) is 11.5 Å². The van der Waals surface area contributed by atoms with Gasteiger partial charge in [0.1, 0.15) is 5.52 Å². The van der Waals surface area contributed by atoms with E-state index in [1.54, 1.807) is 6.08 Å². The molecule has 0 saturated heterocycles. The van der Waals surface area contributed by atoms with Crippen molar-refractivity contribution < 1.29 is 13.9 Å². The van der Waals surface area contributed by atoms with E-state index in [4.69, 9.17) is 9.15 Å². The van der Waals surface area contributed by atoms with Crippen LogP contribution in [0.2, 0.25) is 0 Å². The van der Waals surface area contributed by atoms with Gasteiger partial charge < -0.3 is 9.15 Å². The monoisotopic (exact) mass is 391 g/mol. The highest BCUT2D eigenvalue weighted by Gasteiger charge is 2.18. The number of rotatable bonds is 6. The van der Waals surface area contributed by atoms with Gasteiger partial charge in [-0.3, -0.25) is 0 Å². The molecular formula is C25H29NO3. The van der Waals surface area contributed by atoms with Gasteiger partial charge in [-0.2, -0.15) is 0 Å². The lowest BCUT2D eigenvalue weighted by Gasteiger charge is -2.20. The molecule has 4 heteroatoms. The number of unbranched alkanes of at least 4 members (excludes halogenated alkanes) is 1. The van der Waals surface area contributed by atoms with E-state index in [9.17, 15) is 4.79 Å². The largest absolute Gasteiger partial charge is 0.463 e. The average Bonchev–Trinajstić information content (AvgIpc) is 3.08. The number of benzene rings is 2. The molecule has 0 aliphatic carbocycles. The maximum absolute atomic E-state index is 12.1. The molecule has 29 heavy (non-hydrogen) atoms. The molecule has 3 aromatic rings. The summed E-state index contributed by atoms with van der Waals surface area (Å²) >= 11 is 0. The maximum atomic E-state index is 12.1. The minimum atomic E-state index is -0.334. The molecule has 2 aromatic carbocycles. The van der Waals surface area contributed by atoms with Gasteiger partial charge in [0.25, 0.3) is 0 Å². The highest BCUT2D eigenvalue weighted by atomic mass is 16.5. The third-order valence-corrected chi connectivity index (χ3v) is 4.83. The van der Waals surface area contributed by atoms with Crippen LogP contribution in [0.4, 0.5) is 0 Å². The highest BCUT2D eigenvalue weighted by molar-refractivity contribution is 5.89. The summed E-state index contributed by atoms with van der Waals surface area (Å²) in [4.78, 5) is 16.7. The predicted octanol–water partition coefficient (Wildman–Crippen LogP) is 6.46. The number of nitrogens with zero attached hydrogens (tertiary/aromatic N) is 1. The first-order valence-corrected chi connectivity index (χ1v) is 10.1. The molecule has 0 aliphatic rings. The SMILES string of the molecule is CCCCOC(=O)/C=C/c1cc(C(C)(C)C)ccc1-c1nc2cc(C)ccc2o1. The lowest BCUT2D eigenvalue weighted by molar-refractivity contribution is -0.137. The summed E-state index contributed by atoms with van der Waals surface area (Å²) in [6.07, 6.45) is 5.13. The van der Waals surface area contributed by atoms with Gasteiger partial charge in [-0.1, -0.05) is 52.3 Å².